The van der Waals surface area contributed by atoms with Crippen LogP contribution in [0.2, 0.25) is 0 Å². The molecule has 0 spiro atoms. The van der Waals surface area contributed by atoms with Crippen LogP contribution in [0, 0.1) is 0 Å². The number of nitrogens with one attached hydrogen (secondary N) is 2. The molecule has 3 aromatic rings. The highest BCUT2D eigenvalue weighted by Crippen LogP contribution is 2.17. The predicted octanol–water partition coefficient (Wildman–Crippen LogP) is 3.27. The quantitative estimate of drug-likeness (QED) is 0.635. The van der Waals surface area contributed by atoms with E-state index in [4.69, 9.17) is 4.74 Å². The lowest BCUT2D eigenvalue weighted by Crippen LogP contribution is -2.13. The second-order valence-electron chi connectivity index (χ2n) is 5.68. The van der Waals surface area contributed by atoms with Crippen LogP contribution in [-0.4, -0.2) is 36.3 Å². The number of carbonyl (C=O) groups is 2. The molecule has 2 aromatic carbocycles. The fourth-order valence-corrected chi connectivity index (χ4v) is 2.37. The van der Waals surface area contributed by atoms with Crippen LogP contribution in [0.15, 0.2) is 60.7 Å². The molecule has 0 fully saturated rings. The Kier molecular flexibility index (Phi) is 5.81. The molecule has 0 unspecified atom stereocenters. The second-order valence-corrected chi connectivity index (χ2v) is 5.68. The van der Waals surface area contributed by atoms with Crippen LogP contribution < -0.4 is 15.4 Å². The highest BCUT2D eigenvalue weighted by Gasteiger charge is 2.09. The number of nitrogens with zero attached hydrogens (tertiary/aromatic N) is 2. The van der Waals surface area contributed by atoms with Gasteiger partial charge in [-0.2, -0.15) is 0 Å². The molecule has 3 rings (SSSR count). The SMILES string of the molecule is COC(=O)c1ccc(Nc2ccc(NC(=O)c3cccc(OC)c3)nn2)cc1. The number of anilines is 3. The maximum Gasteiger partial charge on any atom is 0.337 e. The summed E-state index contributed by atoms with van der Waals surface area (Å²) in [5.74, 6) is 0.691. The van der Waals surface area contributed by atoms with Gasteiger partial charge in [-0.3, -0.25) is 4.79 Å². The highest BCUT2D eigenvalue weighted by molar-refractivity contribution is 6.04. The van der Waals surface area contributed by atoms with E-state index in [0.717, 1.165) is 5.69 Å². The standard InChI is InChI=1S/C20H18N4O4/c1-27-16-5-3-4-14(12-16)19(25)22-18-11-10-17(23-24-18)21-15-8-6-13(7-9-15)20(26)28-2/h3-12H,1-2H3,(H,21,23)(H,22,24,25). The van der Waals surface area contributed by atoms with Crippen LogP contribution >= 0.6 is 0 Å². The van der Waals surface area contributed by atoms with Crippen molar-refractivity contribution in [1.82, 2.24) is 10.2 Å². The Morgan fingerprint density at radius 3 is 2.21 bits per heavy atom. The van der Waals surface area contributed by atoms with Gasteiger partial charge in [-0.15, -0.1) is 10.2 Å². The molecule has 0 aliphatic carbocycles. The molecule has 142 valence electrons. The van der Waals surface area contributed by atoms with E-state index in [0.29, 0.717) is 28.5 Å². The molecule has 0 atom stereocenters. The number of methoxy groups -OCH3 is 2. The average Bonchev–Trinajstić information content (AvgIpc) is 2.75. The molecule has 8 heteroatoms. The Hall–Kier alpha value is -3.94. The summed E-state index contributed by atoms with van der Waals surface area (Å²) in [5, 5.41) is 13.8. The average molecular weight is 378 g/mol. The van der Waals surface area contributed by atoms with Crippen molar-refractivity contribution in [3.05, 3.63) is 71.8 Å². The second kappa shape index (κ2) is 8.63. The molecular weight excluding hydrogens is 360 g/mol. The first-order valence-corrected chi connectivity index (χ1v) is 8.33. The first-order chi connectivity index (χ1) is 13.6. The minimum Gasteiger partial charge on any atom is -0.497 e. The molecule has 28 heavy (non-hydrogen) atoms. The number of hydrogen-bond acceptors (Lipinski definition) is 7. The van der Waals surface area contributed by atoms with E-state index in [9.17, 15) is 9.59 Å². The fourth-order valence-electron chi connectivity index (χ4n) is 2.37. The molecule has 8 nitrogen and oxygen atoms in total. The van der Waals surface area contributed by atoms with Crippen LogP contribution in [0.5, 0.6) is 5.75 Å². The van der Waals surface area contributed by atoms with E-state index in [2.05, 4.69) is 25.6 Å². The molecular formula is C20H18N4O4. The first kappa shape index (κ1) is 18.8. The summed E-state index contributed by atoms with van der Waals surface area (Å²) in [4.78, 5) is 23.7. The Balaban J connectivity index is 1.63. The van der Waals surface area contributed by atoms with E-state index in [1.54, 1.807) is 60.7 Å². The first-order valence-electron chi connectivity index (χ1n) is 8.33. The van der Waals surface area contributed by atoms with Crippen molar-refractivity contribution in [2.45, 2.75) is 0 Å². The lowest BCUT2D eigenvalue weighted by atomic mass is 10.2. The third kappa shape index (κ3) is 4.61. The zero-order valence-electron chi connectivity index (χ0n) is 15.3. The molecule has 0 saturated heterocycles. The van der Waals surface area contributed by atoms with Crippen LogP contribution in [0.3, 0.4) is 0 Å². The Morgan fingerprint density at radius 2 is 1.57 bits per heavy atom. The van der Waals surface area contributed by atoms with Gasteiger partial charge in [0, 0.05) is 11.3 Å². The summed E-state index contributed by atoms with van der Waals surface area (Å²) in [6.07, 6.45) is 0. The zero-order valence-corrected chi connectivity index (χ0v) is 15.3. The number of amides is 1. The van der Waals surface area contributed by atoms with E-state index < -0.39 is 5.97 Å². The van der Waals surface area contributed by atoms with Crippen molar-refractivity contribution in [1.29, 1.82) is 0 Å². The van der Waals surface area contributed by atoms with E-state index in [1.165, 1.54) is 14.2 Å². The van der Waals surface area contributed by atoms with Crippen molar-refractivity contribution >= 4 is 29.2 Å². The number of esters is 1. The number of hydrogen-bond donors (Lipinski definition) is 2. The Labute approximate surface area is 161 Å². The Bertz CT molecular complexity index is 972. The minimum atomic E-state index is -0.400. The normalized spacial score (nSPS) is 10.1. The number of rotatable bonds is 6. The lowest BCUT2D eigenvalue weighted by molar-refractivity contribution is 0.0600. The van der Waals surface area contributed by atoms with Crippen LogP contribution in [0.25, 0.3) is 0 Å². The number of ether oxygens (including phenoxy) is 2. The maximum absolute atomic E-state index is 12.3. The van der Waals surface area contributed by atoms with Gasteiger partial charge in [0.05, 0.1) is 19.8 Å². The maximum atomic E-state index is 12.3. The summed E-state index contributed by atoms with van der Waals surface area (Å²) < 4.78 is 9.77. The van der Waals surface area contributed by atoms with Crippen molar-refractivity contribution in [2.75, 3.05) is 24.9 Å². The van der Waals surface area contributed by atoms with E-state index in [-0.39, 0.29) is 5.91 Å². The highest BCUT2D eigenvalue weighted by atomic mass is 16.5. The summed E-state index contributed by atoms with van der Waals surface area (Å²) in [6, 6.07) is 16.9. The molecule has 0 bridgehead atoms. The third-order valence-electron chi connectivity index (χ3n) is 3.82. The predicted molar refractivity (Wildman–Crippen MR) is 104 cm³/mol. The van der Waals surface area contributed by atoms with Gasteiger partial charge < -0.3 is 20.1 Å². The van der Waals surface area contributed by atoms with Gasteiger partial charge in [0.2, 0.25) is 0 Å². The van der Waals surface area contributed by atoms with Gasteiger partial charge >= 0.3 is 5.97 Å². The molecule has 0 aliphatic heterocycles. The number of carbonyl (C=O) groups excluding carboxylic acids is 2. The summed E-state index contributed by atoms with van der Waals surface area (Å²) in [6.45, 7) is 0. The number of aromatic nitrogens is 2. The lowest BCUT2D eigenvalue weighted by Gasteiger charge is -2.08. The largest absolute Gasteiger partial charge is 0.497 e. The van der Waals surface area contributed by atoms with Gasteiger partial charge in [-0.1, -0.05) is 6.07 Å². The van der Waals surface area contributed by atoms with Gasteiger partial charge in [0.25, 0.3) is 5.91 Å². The van der Waals surface area contributed by atoms with E-state index in [1.807, 2.05) is 0 Å². The topological polar surface area (TPSA) is 102 Å². The van der Waals surface area contributed by atoms with Crippen LogP contribution in [0.1, 0.15) is 20.7 Å². The van der Waals surface area contributed by atoms with Crippen LogP contribution in [0.4, 0.5) is 17.3 Å². The third-order valence-corrected chi connectivity index (χ3v) is 3.82. The summed E-state index contributed by atoms with van der Waals surface area (Å²) in [7, 11) is 2.87. The van der Waals surface area contributed by atoms with Crippen molar-refractivity contribution in [3.8, 4) is 5.75 Å². The number of benzene rings is 2. The molecule has 1 aromatic heterocycles. The molecule has 1 amide bonds. The van der Waals surface area contributed by atoms with Gasteiger partial charge in [0.15, 0.2) is 11.6 Å². The zero-order chi connectivity index (χ0) is 19.9. The van der Waals surface area contributed by atoms with E-state index >= 15 is 0 Å². The Morgan fingerprint density at radius 1 is 0.857 bits per heavy atom. The molecule has 0 saturated carbocycles. The smallest absolute Gasteiger partial charge is 0.337 e. The fraction of sp³-hybridized carbons (Fsp3) is 0.100. The van der Waals surface area contributed by atoms with Crippen molar-refractivity contribution < 1.29 is 19.1 Å². The van der Waals surface area contributed by atoms with Gasteiger partial charge in [-0.25, -0.2) is 4.79 Å². The monoisotopic (exact) mass is 378 g/mol. The summed E-state index contributed by atoms with van der Waals surface area (Å²) >= 11 is 0. The van der Waals surface area contributed by atoms with Crippen molar-refractivity contribution in [3.63, 3.8) is 0 Å². The molecule has 1 heterocycles. The minimum absolute atomic E-state index is 0.313. The molecule has 0 radical (unpaired) electrons. The molecule has 0 aliphatic rings. The van der Waals surface area contributed by atoms with Crippen LogP contribution in [-0.2, 0) is 4.74 Å². The van der Waals surface area contributed by atoms with Gasteiger partial charge in [0.1, 0.15) is 5.75 Å². The molecule has 2 N–H and O–H groups in total. The van der Waals surface area contributed by atoms with Gasteiger partial charge in [-0.05, 0) is 54.6 Å². The summed E-state index contributed by atoms with van der Waals surface area (Å²) in [5.41, 5.74) is 1.64. The van der Waals surface area contributed by atoms with Crippen molar-refractivity contribution in [2.24, 2.45) is 0 Å².